The number of likely N-dealkylation sites (tertiary alicyclic amines) is 1. The summed E-state index contributed by atoms with van der Waals surface area (Å²) in [5.41, 5.74) is 0.254. The van der Waals surface area contributed by atoms with Crippen LogP contribution in [-0.4, -0.2) is 40.1 Å². The molecule has 0 unspecified atom stereocenters. The Morgan fingerprint density at radius 2 is 2.10 bits per heavy atom. The zero-order chi connectivity index (χ0) is 21.0. The minimum atomic E-state index is -0.733. The van der Waals surface area contributed by atoms with Gasteiger partial charge in [0.1, 0.15) is 5.82 Å². The van der Waals surface area contributed by atoms with Crippen LogP contribution in [0.3, 0.4) is 0 Å². The molecule has 1 aromatic carbocycles. The third kappa shape index (κ3) is 3.32. The normalized spacial score (nSPS) is 24.8. The number of nitrogens with zero attached hydrogens (tertiary/aromatic N) is 2. The smallest absolute Gasteiger partial charge is 0.261 e. The first-order chi connectivity index (χ1) is 14.4. The molecule has 2 fully saturated rings. The van der Waals surface area contributed by atoms with Gasteiger partial charge in [-0.25, -0.2) is 9.37 Å². The molecule has 9 heteroatoms. The summed E-state index contributed by atoms with van der Waals surface area (Å²) in [6.45, 7) is 0.794. The number of fused-ring (bicyclic) bond motifs is 3. The first-order valence-electron chi connectivity index (χ1n) is 9.99. The van der Waals surface area contributed by atoms with Crippen LogP contribution in [0, 0.1) is 17.7 Å². The Balaban J connectivity index is 1.33. The van der Waals surface area contributed by atoms with E-state index >= 15 is 0 Å². The van der Waals surface area contributed by atoms with Crippen molar-refractivity contribution in [2.45, 2.75) is 38.1 Å². The fourth-order valence-corrected chi connectivity index (χ4v) is 6.05. The van der Waals surface area contributed by atoms with Crippen LogP contribution in [0.15, 0.2) is 18.2 Å². The molecule has 2 bridgehead atoms. The number of nitrogens with one attached hydrogen (secondary N) is 1. The van der Waals surface area contributed by atoms with E-state index in [4.69, 9.17) is 11.6 Å². The molecule has 156 valence electrons. The van der Waals surface area contributed by atoms with Gasteiger partial charge in [-0.2, -0.15) is 0 Å². The fourth-order valence-electron chi connectivity index (χ4n) is 4.86. The first kappa shape index (κ1) is 19.6. The number of aromatic nitrogens is 1. The van der Waals surface area contributed by atoms with Gasteiger partial charge in [0.25, 0.3) is 5.91 Å². The summed E-state index contributed by atoms with van der Waals surface area (Å²) in [6.07, 6.45) is 3.84. The summed E-state index contributed by atoms with van der Waals surface area (Å²) < 4.78 is 14.0. The molecule has 5 rings (SSSR count). The zero-order valence-corrected chi connectivity index (χ0v) is 17.6. The van der Waals surface area contributed by atoms with Crippen LogP contribution < -0.4 is 5.32 Å². The van der Waals surface area contributed by atoms with Crippen LogP contribution in [0.25, 0.3) is 0 Å². The van der Waals surface area contributed by atoms with Gasteiger partial charge in [-0.3, -0.25) is 19.7 Å². The molecule has 2 amide bonds. The number of amides is 2. The van der Waals surface area contributed by atoms with E-state index in [1.165, 1.54) is 18.6 Å². The third-order valence-corrected chi connectivity index (χ3v) is 7.64. The number of carbonyl (C=O) groups is 3. The maximum atomic E-state index is 14.0. The Bertz CT molecular complexity index is 1050. The van der Waals surface area contributed by atoms with Crippen molar-refractivity contribution >= 4 is 45.7 Å². The number of anilines is 1. The number of ketones is 1. The number of hydrogen-bond donors (Lipinski definition) is 1. The molecule has 3 aliphatic rings. The molecule has 0 spiro atoms. The summed E-state index contributed by atoms with van der Waals surface area (Å²) >= 11 is 7.00. The van der Waals surface area contributed by atoms with Crippen LogP contribution in [0.2, 0.25) is 5.02 Å². The van der Waals surface area contributed by atoms with E-state index in [1.807, 2.05) is 4.90 Å². The maximum Gasteiger partial charge on any atom is 0.261 e. The largest absolute Gasteiger partial charge is 0.339 e. The van der Waals surface area contributed by atoms with E-state index < -0.39 is 17.6 Å². The predicted octanol–water partition coefficient (Wildman–Crippen LogP) is 3.94. The van der Waals surface area contributed by atoms with Crippen molar-refractivity contribution in [1.82, 2.24) is 9.88 Å². The highest BCUT2D eigenvalue weighted by Crippen LogP contribution is 2.40. The SMILES string of the molecule is O=C1C[C@H](C(=O)N2C[C@H]3CC[C@@H]2C3)Cc2nc(NC(=O)c3c(F)cccc3Cl)sc21. The number of benzene rings is 1. The third-order valence-electron chi connectivity index (χ3n) is 6.27. The van der Waals surface area contributed by atoms with Crippen molar-refractivity contribution in [1.29, 1.82) is 0 Å². The van der Waals surface area contributed by atoms with E-state index in [1.54, 1.807) is 0 Å². The number of rotatable bonds is 3. The van der Waals surface area contributed by atoms with Gasteiger partial charge in [0.05, 0.1) is 27.1 Å². The lowest BCUT2D eigenvalue weighted by Gasteiger charge is -2.31. The number of halogens is 2. The highest BCUT2D eigenvalue weighted by molar-refractivity contribution is 7.17. The summed E-state index contributed by atoms with van der Waals surface area (Å²) in [7, 11) is 0. The molecule has 1 aromatic heterocycles. The van der Waals surface area contributed by atoms with Gasteiger partial charge in [-0.1, -0.05) is 29.0 Å². The lowest BCUT2D eigenvalue weighted by molar-refractivity contribution is -0.137. The van der Waals surface area contributed by atoms with Crippen molar-refractivity contribution in [3.63, 3.8) is 0 Å². The van der Waals surface area contributed by atoms with Crippen LogP contribution >= 0.6 is 22.9 Å². The van der Waals surface area contributed by atoms with Gasteiger partial charge in [-0.05, 0) is 37.3 Å². The molecular formula is C21H19ClFN3O3S. The van der Waals surface area contributed by atoms with Crippen LogP contribution in [0.1, 0.15) is 51.4 Å². The van der Waals surface area contributed by atoms with E-state index in [2.05, 4.69) is 10.3 Å². The summed E-state index contributed by atoms with van der Waals surface area (Å²) in [4.78, 5) is 44.9. The minimum Gasteiger partial charge on any atom is -0.339 e. The molecule has 3 atom stereocenters. The minimum absolute atomic E-state index is 0.00420. The van der Waals surface area contributed by atoms with Crippen molar-refractivity contribution in [2.24, 2.45) is 11.8 Å². The second kappa shape index (κ2) is 7.42. The molecule has 2 aromatic rings. The number of thiazole rings is 1. The van der Waals surface area contributed by atoms with Gasteiger partial charge in [0.15, 0.2) is 10.9 Å². The Kier molecular flexibility index (Phi) is 4.86. The van der Waals surface area contributed by atoms with Gasteiger partial charge in [-0.15, -0.1) is 0 Å². The Hall–Kier alpha value is -2.32. The summed E-state index contributed by atoms with van der Waals surface area (Å²) in [5, 5.41) is 2.73. The maximum absolute atomic E-state index is 14.0. The van der Waals surface area contributed by atoms with Crippen LogP contribution in [0.4, 0.5) is 9.52 Å². The van der Waals surface area contributed by atoms with Gasteiger partial charge >= 0.3 is 0 Å². The highest BCUT2D eigenvalue weighted by Gasteiger charge is 2.44. The van der Waals surface area contributed by atoms with Gasteiger partial charge < -0.3 is 4.90 Å². The highest BCUT2D eigenvalue weighted by atomic mass is 35.5. The van der Waals surface area contributed by atoms with Crippen LogP contribution in [0.5, 0.6) is 0 Å². The van der Waals surface area contributed by atoms with Crippen molar-refractivity contribution in [3.05, 3.63) is 45.2 Å². The monoisotopic (exact) mass is 447 g/mol. The number of Topliss-reactive ketones (excluding diaryl/α,β-unsaturated/α-hetero) is 1. The van der Waals surface area contributed by atoms with E-state index in [0.29, 0.717) is 29.0 Å². The summed E-state index contributed by atoms with van der Waals surface area (Å²) in [5.74, 6) is -1.37. The quantitative estimate of drug-likeness (QED) is 0.772. The fraction of sp³-hybridized carbons (Fsp3) is 0.429. The Morgan fingerprint density at radius 1 is 1.27 bits per heavy atom. The van der Waals surface area contributed by atoms with Gasteiger partial charge in [0.2, 0.25) is 5.91 Å². The molecule has 1 saturated carbocycles. The average Bonchev–Trinajstić information content (AvgIpc) is 3.42. The molecule has 0 radical (unpaired) electrons. The average molecular weight is 448 g/mol. The number of hydrogen-bond acceptors (Lipinski definition) is 5. The van der Waals surface area contributed by atoms with Crippen molar-refractivity contribution in [2.75, 3.05) is 11.9 Å². The molecule has 2 aliphatic carbocycles. The molecular weight excluding hydrogens is 429 g/mol. The van der Waals surface area contributed by atoms with Crippen LogP contribution in [-0.2, 0) is 11.2 Å². The lowest BCUT2D eigenvalue weighted by atomic mass is 9.88. The van der Waals surface area contributed by atoms with E-state index in [9.17, 15) is 18.8 Å². The molecule has 6 nitrogen and oxygen atoms in total. The Labute approximate surface area is 181 Å². The van der Waals surface area contributed by atoms with Crippen molar-refractivity contribution < 1.29 is 18.8 Å². The molecule has 1 aliphatic heterocycles. The van der Waals surface area contributed by atoms with E-state index in [0.717, 1.165) is 36.8 Å². The molecule has 2 heterocycles. The molecule has 1 N–H and O–H groups in total. The van der Waals surface area contributed by atoms with E-state index in [-0.39, 0.29) is 33.8 Å². The van der Waals surface area contributed by atoms with Gasteiger partial charge in [0, 0.05) is 25.4 Å². The molecule has 30 heavy (non-hydrogen) atoms. The number of carbonyl (C=O) groups excluding carboxylic acids is 3. The van der Waals surface area contributed by atoms with Crippen molar-refractivity contribution in [3.8, 4) is 0 Å². The predicted molar refractivity (Wildman–Crippen MR) is 110 cm³/mol. The first-order valence-corrected chi connectivity index (χ1v) is 11.2. The molecule has 1 saturated heterocycles. The Morgan fingerprint density at radius 3 is 2.80 bits per heavy atom. The lowest BCUT2D eigenvalue weighted by Crippen LogP contribution is -2.43. The zero-order valence-electron chi connectivity index (χ0n) is 16.0. The summed E-state index contributed by atoms with van der Waals surface area (Å²) in [6, 6.07) is 4.31. The topological polar surface area (TPSA) is 79.4 Å². The number of piperidine rings is 1. The second-order valence-electron chi connectivity index (χ2n) is 8.20. The standard InChI is InChI=1S/C21H19ClFN3O3S/c22-13-2-1-3-14(23)17(13)19(28)25-21-24-15-7-11(8-16(27)18(15)30-21)20(29)26-9-10-4-5-12(26)6-10/h1-3,10-12H,4-9H2,(H,24,25,28)/t10-,11+,12+/m0/s1. The second-order valence-corrected chi connectivity index (χ2v) is 9.60.